The zero-order valence-electron chi connectivity index (χ0n) is 8.00. The smallest absolute Gasteiger partial charge is 0.224 e. The van der Waals surface area contributed by atoms with E-state index in [1.165, 1.54) is 0 Å². The Labute approximate surface area is 87.6 Å². The van der Waals surface area contributed by atoms with E-state index < -0.39 is 0 Å². The van der Waals surface area contributed by atoms with Gasteiger partial charge in [0, 0.05) is 27.5 Å². The Hall–Kier alpha value is 0.170. The SMILES string of the molecule is CC1(C)SCSCC2CC1NC2=O. The lowest BCUT2D eigenvalue weighted by Gasteiger charge is -2.31. The van der Waals surface area contributed by atoms with E-state index in [-0.39, 0.29) is 16.6 Å². The average molecular weight is 217 g/mol. The largest absolute Gasteiger partial charge is 0.352 e. The van der Waals surface area contributed by atoms with Crippen molar-refractivity contribution in [3.05, 3.63) is 0 Å². The second-order valence-corrected chi connectivity index (χ2v) is 7.26. The summed E-state index contributed by atoms with van der Waals surface area (Å²) in [6.45, 7) is 4.47. The highest BCUT2D eigenvalue weighted by molar-refractivity contribution is 8.16. The lowest BCUT2D eigenvalue weighted by molar-refractivity contribution is -0.122. The second kappa shape index (κ2) is 3.39. The van der Waals surface area contributed by atoms with Crippen LogP contribution in [0.15, 0.2) is 0 Å². The Morgan fingerprint density at radius 1 is 1.54 bits per heavy atom. The maximum Gasteiger partial charge on any atom is 0.224 e. The van der Waals surface area contributed by atoms with E-state index >= 15 is 0 Å². The van der Waals surface area contributed by atoms with Crippen molar-refractivity contribution in [2.24, 2.45) is 5.92 Å². The molecule has 1 amide bonds. The molecule has 13 heavy (non-hydrogen) atoms. The average Bonchev–Trinajstić information content (AvgIpc) is 2.41. The molecular weight excluding hydrogens is 202 g/mol. The number of carbonyl (C=O) groups excluding carboxylic acids is 1. The Morgan fingerprint density at radius 3 is 3.08 bits per heavy atom. The summed E-state index contributed by atoms with van der Waals surface area (Å²) in [6.07, 6.45) is 1.03. The molecule has 0 spiro atoms. The lowest BCUT2D eigenvalue weighted by atomic mass is 9.98. The third-order valence-corrected chi connectivity index (χ3v) is 5.68. The lowest BCUT2D eigenvalue weighted by Crippen LogP contribution is -2.41. The summed E-state index contributed by atoms with van der Waals surface area (Å²) >= 11 is 3.86. The summed E-state index contributed by atoms with van der Waals surface area (Å²) in [5.74, 6) is 1.55. The summed E-state index contributed by atoms with van der Waals surface area (Å²) in [7, 11) is 0. The number of hydrogen-bond donors (Lipinski definition) is 1. The van der Waals surface area contributed by atoms with Gasteiger partial charge in [-0.3, -0.25) is 4.79 Å². The van der Waals surface area contributed by atoms with E-state index in [0.717, 1.165) is 17.3 Å². The second-order valence-electron chi connectivity index (χ2n) is 4.23. The van der Waals surface area contributed by atoms with Gasteiger partial charge in [0.05, 0.1) is 0 Å². The first kappa shape index (κ1) is 9.71. The van der Waals surface area contributed by atoms with Crippen LogP contribution in [0.5, 0.6) is 0 Å². The van der Waals surface area contributed by atoms with Gasteiger partial charge in [-0.2, -0.15) is 11.8 Å². The van der Waals surface area contributed by atoms with E-state index in [0.29, 0.717) is 6.04 Å². The van der Waals surface area contributed by atoms with Gasteiger partial charge in [0.25, 0.3) is 0 Å². The molecule has 2 fully saturated rings. The Bertz CT molecular complexity index is 230. The molecule has 0 saturated carbocycles. The van der Waals surface area contributed by atoms with Crippen LogP contribution < -0.4 is 5.32 Å². The zero-order valence-corrected chi connectivity index (χ0v) is 9.63. The Kier molecular flexibility index (Phi) is 2.53. The minimum atomic E-state index is 0.206. The zero-order chi connectivity index (χ0) is 9.47. The number of rotatable bonds is 0. The van der Waals surface area contributed by atoms with Gasteiger partial charge in [-0.1, -0.05) is 0 Å². The highest BCUT2D eigenvalue weighted by atomic mass is 32.2. The minimum Gasteiger partial charge on any atom is -0.352 e. The fourth-order valence-electron chi connectivity index (χ4n) is 1.83. The van der Waals surface area contributed by atoms with E-state index in [1.807, 2.05) is 23.5 Å². The molecule has 74 valence electrons. The molecule has 0 aromatic rings. The molecule has 2 bridgehead atoms. The van der Waals surface area contributed by atoms with Crippen LogP contribution in [-0.2, 0) is 4.79 Å². The van der Waals surface area contributed by atoms with Gasteiger partial charge in [-0.25, -0.2) is 0 Å². The molecular formula is C9H15NOS2. The van der Waals surface area contributed by atoms with E-state index in [2.05, 4.69) is 19.2 Å². The van der Waals surface area contributed by atoms with Crippen LogP contribution >= 0.6 is 23.5 Å². The predicted molar refractivity (Wildman–Crippen MR) is 59.0 cm³/mol. The van der Waals surface area contributed by atoms with E-state index in [9.17, 15) is 4.79 Å². The number of thioether (sulfide) groups is 2. The van der Waals surface area contributed by atoms with Gasteiger partial charge in [0.2, 0.25) is 5.91 Å². The fourth-order valence-corrected chi connectivity index (χ4v) is 4.69. The molecule has 2 atom stereocenters. The summed E-state index contributed by atoms with van der Waals surface area (Å²) in [5.41, 5.74) is 0. The standard InChI is InChI=1S/C9H15NOS2/c1-9(2)7-3-6(8(11)10-7)4-12-5-13-9/h6-7H,3-5H2,1-2H3,(H,10,11). The number of fused-ring (bicyclic) bond motifs is 2. The molecule has 2 rings (SSSR count). The highest BCUT2D eigenvalue weighted by Gasteiger charge is 2.42. The first-order chi connectivity index (χ1) is 6.09. The highest BCUT2D eigenvalue weighted by Crippen LogP contribution is 2.39. The number of carbonyl (C=O) groups is 1. The number of nitrogens with one attached hydrogen (secondary N) is 1. The van der Waals surface area contributed by atoms with Crippen LogP contribution in [0.3, 0.4) is 0 Å². The summed E-state index contributed by atoms with van der Waals surface area (Å²) < 4.78 is 0.206. The molecule has 2 unspecified atom stereocenters. The van der Waals surface area contributed by atoms with Gasteiger partial charge in [-0.05, 0) is 20.3 Å². The van der Waals surface area contributed by atoms with Crippen molar-refractivity contribution in [1.29, 1.82) is 0 Å². The van der Waals surface area contributed by atoms with Gasteiger partial charge in [-0.15, -0.1) is 11.8 Å². The van der Waals surface area contributed by atoms with Gasteiger partial charge in [0.1, 0.15) is 0 Å². The summed E-state index contributed by atoms with van der Waals surface area (Å²) in [5, 5.41) is 4.23. The van der Waals surface area contributed by atoms with Crippen molar-refractivity contribution in [3.8, 4) is 0 Å². The van der Waals surface area contributed by atoms with Crippen LogP contribution in [0, 0.1) is 5.92 Å². The Morgan fingerprint density at radius 2 is 2.31 bits per heavy atom. The van der Waals surface area contributed by atoms with Crippen molar-refractivity contribution in [2.45, 2.75) is 31.1 Å². The van der Waals surface area contributed by atoms with Gasteiger partial charge < -0.3 is 5.32 Å². The third kappa shape index (κ3) is 1.84. The van der Waals surface area contributed by atoms with Gasteiger partial charge >= 0.3 is 0 Å². The monoisotopic (exact) mass is 217 g/mol. The first-order valence-corrected chi connectivity index (χ1v) is 6.76. The first-order valence-electron chi connectivity index (χ1n) is 4.62. The maximum absolute atomic E-state index is 11.5. The van der Waals surface area contributed by atoms with E-state index in [4.69, 9.17) is 0 Å². The van der Waals surface area contributed by atoms with Crippen LogP contribution in [0.2, 0.25) is 0 Å². The molecule has 2 aliphatic rings. The predicted octanol–water partition coefficient (Wildman–Crippen LogP) is 1.71. The van der Waals surface area contributed by atoms with Crippen molar-refractivity contribution in [1.82, 2.24) is 5.32 Å². The molecule has 0 aromatic carbocycles. The fraction of sp³-hybridized carbons (Fsp3) is 0.889. The molecule has 2 aliphatic heterocycles. The van der Waals surface area contributed by atoms with Crippen molar-refractivity contribution >= 4 is 29.4 Å². The molecule has 4 heteroatoms. The summed E-state index contributed by atoms with van der Waals surface area (Å²) in [4.78, 5) is 11.5. The molecule has 2 heterocycles. The van der Waals surface area contributed by atoms with Crippen LogP contribution in [0.25, 0.3) is 0 Å². The number of amides is 1. The van der Waals surface area contributed by atoms with E-state index in [1.54, 1.807) is 0 Å². The quantitative estimate of drug-likeness (QED) is 0.670. The van der Waals surface area contributed by atoms with Crippen molar-refractivity contribution in [3.63, 3.8) is 0 Å². The van der Waals surface area contributed by atoms with Crippen LogP contribution in [0.4, 0.5) is 0 Å². The maximum atomic E-state index is 11.5. The Balaban J connectivity index is 2.16. The topological polar surface area (TPSA) is 29.1 Å². The molecule has 2 nitrogen and oxygen atoms in total. The molecule has 0 radical (unpaired) electrons. The third-order valence-electron chi connectivity index (χ3n) is 2.88. The minimum absolute atomic E-state index is 0.206. The molecule has 0 aromatic heterocycles. The summed E-state index contributed by atoms with van der Waals surface area (Å²) in [6, 6.07) is 0.385. The number of hydrogen-bond acceptors (Lipinski definition) is 3. The van der Waals surface area contributed by atoms with Gasteiger partial charge in [0.15, 0.2) is 0 Å². The molecule has 0 aliphatic carbocycles. The van der Waals surface area contributed by atoms with Crippen molar-refractivity contribution in [2.75, 3.05) is 10.8 Å². The van der Waals surface area contributed by atoms with Crippen LogP contribution in [-0.4, -0.2) is 27.5 Å². The molecule has 2 saturated heterocycles. The normalized spacial score (nSPS) is 37.8. The van der Waals surface area contributed by atoms with Crippen LogP contribution in [0.1, 0.15) is 20.3 Å². The molecule has 1 N–H and O–H groups in total. The van der Waals surface area contributed by atoms with Crippen molar-refractivity contribution < 1.29 is 4.79 Å².